The first-order chi connectivity index (χ1) is 9.13. The highest BCUT2D eigenvalue weighted by Gasteiger charge is 2.07. The van der Waals surface area contributed by atoms with Gasteiger partial charge in [-0.2, -0.15) is 0 Å². The minimum Gasteiger partial charge on any atom is -0.492 e. The molecule has 1 amide bonds. The van der Waals surface area contributed by atoms with Crippen LogP contribution in [0.15, 0.2) is 24.3 Å². The second kappa shape index (κ2) is 8.53. The molecule has 4 nitrogen and oxygen atoms in total. The van der Waals surface area contributed by atoms with Crippen molar-refractivity contribution in [3.8, 4) is 5.75 Å². The lowest BCUT2D eigenvalue weighted by atomic mass is 10.2. The Balaban J connectivity index is 2.20. The Bertz CT molecular complexity index is 375. The van der Waals surface area contributed by atoms with Crippen molar-refractivity contribution in [2.24, 2.45) is 0 Å². The van der Waals surface area contributed by atoms with Crippen LogP contribution in [0.2, 0.25) is 0 Å². The molecule has 1 rings (SSSR count). The molecule has 4 heteroatoms. The van der Waals surface area contributed by atoms with Crippen molar-refractivity contribution in [3.05, 3.63) is 29.8 Å². The van der Waals surface area contributed by atoms with Crippen LogP contribution in [0.3, 0.4) is 0 Å². The number of hydrogen-bond acceptors (Lipinski definition) is 3. The minimum absolute atomic E-state index is 0.0981. The number of carbonyl (C=O) groups excluding carboxylic acids is 1. The first kappa shape index (κ1) is 15.5. The minimum atomic E-state index is 0.0981. The molecule has 0 saturated heterocycles. The van der Waals surface area contributed by atoms with Crippen molar-refractivity contribution in [3.63, 3.8) is 0 Å². The van der Waals surface area contributed by atoms with Gasteiger partial charge in [0, 0.05) is 20.1 Å². The number of likely N-dealkylation sites (N-methyl/N-ethyl adjacent to an activating group) is 1. The third kappa shape index (κ3) is 6.25. The largest absolute Gasteiger partial charge is 0.492 e. The van der Waals surface area contributed by atoms with Gasteiger partial charge in [-0.15, -0.1) is 0 Å². The van der Waals surface area contributed by atoms with Gasteiger partial charge < -0.3 is 14.7 Å². The lowest BCUT2D eigenvalue weighted by molar-refractivity contribution is -0.130. The number of rotatable bonds is 8. The Kier molecular flexibility index (Phi) is 6.97. The molecular formula is C15H23NO3. The fraction of sp³-hybridized carbons (Fsp3) is 0.533. The van der Waals surface area contributed by atoms with E-state index in [0.717, 1.165) is 12.2 Å². The van der Waals surface area contributed by atoms with Crippen LogP contribution in [0.1, 0.15) is 24.8 Å². The van der Waals surface area contributed by atoms with E-state index in [9.17, 15) is 4.79 Å². The summed E-state index contributed by atoms with van der Waals surface area (Å²) in [5, 5.41) is 8.66. The number of nitrogens with zero attached hydrogens (tertiary/aromatic N) is 1. The van der Waals surface area contributed by atoms with Gasteiger partial charge in [0.1, 0.15) is 12.4 Å². The van der Waals surface area contributed by atoms with Crippen LogP contribution in [-0.2, 0) is 4.79 Å². The maximum Gasteiger partial charge on any atom is 0.222 e. The maximum atomic E-state index is 11.7. The van der Waals surface area contributed by atoms with E-state index in [4.69, 9.17) is 9.84 Å². The molecule has 1 aromatic carbocycles. The summed E-state index contributed by atoms with van der Waals surface area (Å²) in [4.78, 5) is 13.4. The van der Waals surface area contributed by atoms with Crippen LogP contribution < -0.4 is 4.74 Å². The van der Waals surface area contributed by atoms with Crippen molar-refractivity contribution in [2.45, 2.75) is 26.2 Å². The molecule has 0 unspecified atom stereocenters. The van der Waals surface area contributed by atoms with Gasteiger partial charge >= 0.3 is 0 Å². The molecule has 0 radical (unpaired) electrons. The summed E-state index contributed by atoms with van der Waals surface area (Å²) in [7, 11) is 1.78. The van der Waals surface area contributed by atoms with E-state index in [-0.39, 0.29) is 12.5 Å². The predicted molar refractivity (Wildman–Crippen MR) is 75.2 cm³/mol. The van der Waals surface area contributed by atoms with Crippen molar-refractivity contribution >= 4 is 5.91 Å². The molecule has 0 spiro atoms. The average Bonchev–Trinajstić information content (AvgIpc) is 2.41. The topological polar surface area (TPSA) is 49.8 Å². The second-order valence-corrected chi connectivity index (χ2v) is 4.66. The normalized spacial score (nSPS) is 10.3. The zero-order valence-corrected chi connectivity index (χ0v) is 11.8. The number of ether oxygens (including phenoxy) is 1. The molecule has 0 aromatic heterocycles. The summed E-state index contributed by atoms with van der Waals surface area (Å²) < 4.78 is 5.57. The molecule has 19 heavy (non-hydrogen) atoms. The number of aliphatic hydroxyl groups is 1. The molecule has 0 saturated carbocycles. The molecule has 0 aliphatic heterocycles. The monoisotopic (exact) mass is 265 g/mol. The van der Waals surface area contributed by atoms with Gasteiger partial charge in [0.05, 0.1) is 6.54 Å². The molecule has 0 bridgehead atoms. The van der Waals surface area contributed by atoms with Crippen molar-refractivity contribution in [2.75, 3.05) is 26.8 Å². The predicted octanol–water partition coefficient (Wildman–Crippen LogP) is 1.99. The van der Waals surface area contributed by atoms with Gasteiger partial charge in [-0.1, -0.05) is 17.7 Å². The average molecular weight is 265 g/mol. The van der Waals surface area contributed by atoms with E-state index in [2.05, 4.69) is 0 Å². The fourth-order valence-electron chi connectivity index (χ4n) is 1.64. The molecule has 0 aliphatic carbocycles. The quantitative estimate of drug-likeness (QED) is 0.731. The number of aryl methyl sites for hydroxylation is 1. The molecule has 106 valence electrons. The van der Waals surface area contributed by atoms with Gasteiger partial charge in [0.15, 0.2) is 0 Å². The van der Waals surface area contributed by atoms with Gasteiger partial charge in [-0.05, 0) is 31.9 Å². The number of hydrogen-bond donors (Lipinski definition) is 1. The number of aliphatic hydroxyl groups excluding tert-OH is 1. The Morgan fingerprint density at radius 3 is 2.58 bits per heavy atom. The van der Waals surface area contributed by atoms with E-state index in [1.165, 1.54) is 5.56 Å². The van der Waals surface area contributed by atoms with Crippen LogP contribution in [0.4, 0.5) is 0 Å². The molecule has 0 atom stereocenters. The summed E-state index contributed by atoms with van der Waals surface area (Å²) in [6, 6.07) is 7.86. The zero-order chi connectivity index (χ0) is 14.1. The molecule has 0 aliphatic rings. The molecular weight excluding hydrogens is 242 g/mol. The Hall–Kier alpha value is -1.55. The van der Waals surface area contributed by atoms with Crippen molar-refractivity contribution < 1.29 is 14.6 Å². The number of amides is 1. The van der Waals surface area contributed by atoms with Crippen LogP contribution in [-0.4, -0.2) is 42.7 Å². The molecule has 0 heterocycles. The van der Waals surface area contributed by atoms with Crippen LogP contribution in [0.5, 0.6) is 5.75 Å². The van der Waals surface area contributed by atoms with E-state index in [1.54, 1.807) is 11.9 Å². The van der Waals surface area contributed by atoms with Gasteiger partial charge in [-0.3, -0.25) is 4.79 Å². The van der Waals surface area contributed by atoms with E-state index in [0.29, 0.717) is 26.0 Å². The SMILES string of the molecule is Cc1ccc(OCCN(C)C(=O)CCCCO)cc1. The summed E-state index contributed by atoms with van der Waals surface area (Å²) in [5.74, 6) is 0.924. The third-order valence-electron chi connectivity index (χ3n) is 2.94. The fourth-order valence-corrected chi connectivity index (χ4v) is 1.64. The lowest BCUT2D eigenvalue weighted by Crippen LogP contribution is -2.30. The highest BCUT2D eigenvalue weighted by molar-refractivity contribution is 5.75. The summed E-state index contributed by atoms with van der Waals surface area (Å²) in [6.07, 6.45) is 1.90. The van der Waals surface area contributed by atoms with E-state index in [1.807, 2.05) is 31.2 Å². The van der Waals surface area contributed by atoms with E-state index < -0.39 is 0 Å². The highest BCUT2D eigenvalue weighted by atomic mass is 16.5. The number of carbonyl (C=O) groups is 1. The maximum absolute atomic E-state index is 11.7. The van der Waals surface area contributed by atoms with Gasteiger partial charge in [0.2, 0.25) is 5.91 Å². The van der Waals surface area contributed by atoms with Crippen molar-refractivity contribution in [1.29, 1.82) is 0 Å². The summed E-state index contributed by atoms with van der Waals surface area (Å²) >= 11 is 0. The molecule has 0 fully saturated rings. The zero-order valence-electron chi connectivity index (χ0n) is 11.8. The Morgan fingerprint density at radius 1 is 1.26 bits per heavy atom. The number of benzene rings is 1. The van der Waals surface area contributed by atoms with Gasteiger partial charge in [0.25, 0.3) is 0 Å². The second-order valence-electron chi connectivity index (χ2n) is 4.66. The highest BCUT2D eigenvalue weighted by Crippen LogP contribution is 2.11. The lowest BCUT2D eigenvalue weighted by Gasteiger charge is -2.17. The Labute approximate surface area is 115 Å². The molecule has 1 N–H and O–H groups in total. The smallest absolute Gasteiger partial charge is 0.222 e. The standard InChI is InChI=1S/C15H23NO3/c1-13-6-8-14(9-7-13)19-12-10-16(2)15(18)5-3-4-11-17/h6-9,17H,3-5,10-12H2,1-2H3. The van der Waals surface area contributed by atoms with Crippen LogP contribution in [0, 0.1) is 6.92 Å². The third-order valence-corrected chi connectivity index (χ3v) is 2.94. The van der Waals surface area contributed by atoms with Crippen LogP contribution in [0.25, 0.3) is 0 Å². The van der Waals surface area contributed by atoms with E-state index >= 15 is 0 Å². The Morgan fingerprint density at radius 2 is 1.95 bits per heavy atom. The molecule has 1 aromatic rings. The van der Waals surface area contributed by atoms with Crippen molar-refractivity contribution in [1.82, 2.24) is 4.90 Å². The summed E-state index contributed by atoms with van der Waals surface area (Å²) in [6.45, 7) is 3.24. The first-order valence-corrected chi connectivity index (χ1v) is 6.68. The summed E-state index contributed by atoms with van der Waals surface area (Å²) in [5.41, 5.74) is 1.20. The van der Waals surface area contributed by atoms with Crippen LogP contribution >= 0.6 is 0 Å². The van der Waals surface area contributed by atoms with Gasteiger partial charge in [-0.25, -0.2) is 0 Å². The number of unbranched alkanes of at least 4 members (excludes halogenated alkanes) is 1. The first-order valence-electron chi connectivity index (χ1n) is 6.68.